The summed E-state index contributed by atoms with van der Waals surface area (Å²) in [6, 6.07) is 13.7. The van der Waals surface area contributed by atoms with Crippen LogP contribution in [0.4, 0.5) is 13.2 Å². The van der Waals surface area contributed by atoms with Crippen molar-refractivity contribution in [2.24, 2.45) is 0 Å². The first kappa shape index (κ1) is 20.4. The summed E-state index contributed by atoms with van der Waals surface area (Å²) < 4.78 is 51.8. The molecule has 0 amide bonds. The molecule has 3 aromatic carbocycles. The molecule has 4 aromatic rings. The van der Waals surface area contributed by atoms with E-state index in [1.165, 1.54) is 12.1 Å². The number of halogens is 3. The number of thiazole rings is 1. The number of aromatic hydroxyl groups is 1. The highest BCUT2D eigenvalue weighted by Gasteiger charge is 2.33. The van der Waals surface area contributed by atoms with E-state index >= 15 is 0 Å². The zero-order valence-electron chi connectivity index (χ0n) is 16.4. The van der Waals surface area contributed by atoms with Gasteiger partial charge in [0.1, 0.15) is 17.2 Å². The fraction of sp³-hybridized carbons (Fsp3) is 0.174. The summed E-state index contributed by atoms with van der Waals surface area (Å²) in [5, 5.41) is 10.5. The van der Waals surface area contributed by atoms with Gasteiger partial charge in [-0.25, -0.2) is 0 Å². The third-order valence-corrected chi connectivity index (χ3v) is 6.40. The van der Waals surface area contributed by atoms with Crippen LogP contribution in [0.2, 0.25) is 0 Å². The smallest absolute Gasteiger partial charge is 0.417 e. The number of aromatic amines is 1. The van der Waals surface area contributed by atoms with Crippen LogP contribution in [0.25, 0.3) is 10.8 Å². The normalized spacial score (nSPS) is 15.9. The standard InChI is InChI=1S/C23H16F3NO4S/c24-23(25,26)17-7-8-18(14-4-2-1-3-13(14)17)31-12-5-6-15-16(9-10-30-19(15)11-12)20-21(28)27-22(29)32-20/h1-8,11,16,28H,9-10H2,(H,27,29)/t16-/m1/s1. The van der Waals surface area contributed by atoms with Crippen molar-refractivity contribution in [2.45, 2.75) is 18.5 Å². The first-order valence-corrected chi connectivity index (χ1v) is 10.6. The van der Waals surface area contributed by atoms with E-state index in [2.05, 4.69) is 4.98 Å². The molecule has 9 heteroatoms. The van der Waals surface area contributed by atoms with Gasteiger partial charge >= 0.3 is 11.0 Å². The van der Waals surface area contributed by atoms with Crippen LogP contribution in [-0.2, 0) is 6.18 Å². The molecule has 2 N–H and O–H groups in total. The predicted molar refractivity (Wildman–Crippen MR) is 114 cm³/mol. The summed E-state index contributed by atoms with van der Waals surface area (Å²) in [7, 11) is 0. The summed E-state index contributed by atoms with van der Waals surface area (Å²) in [6.07, 6.45) is -3.88. The van der Waals surface area contributed by atoms with E-state index in [9.17, 15) is 23.1 Å². The number of ether oxygens (including phenoxy) is 2. The van der Waals surface area contributed by atoms with Gasteiger partial charge in [0.2, 0.25) is 5.88 Å². The number of H-pyrrole nitrogens is 1. The van der Waals surface area contributed by atoms with E-state index in [0.717, 1.165) is 23.0 Å². The Morgan fingerprint density at radius 2 is 1.88 bits per heavy atom. The number of aromatic nitrogens is 1. The van der Waals surface area contributed by atoms with Crippen molar-refractivity contribution in [1.82, 2.24) is 4.98 Å². The van der Waals surface area contributed by atoms with Crippen molar-refractivity contribution >= 4 is 22.1 Å². The molecule has 1 atom stereocenters. The molecule has 0 saturated carbocycles. The second-order valence-corrected chi connectivity index (χ2v) is 8.39. The van der Waals surface area contributed by atoms with Crippen LogP contribution in [0.3, 0.4) is 0 Å². The van der Waals surface area contributed by atoms with Crippen molar-refractivity contribution in [1.29, 1.82) is 0 Å². The van der Waals surface area contributed by atoms with Crippen molar-refractivity contribution in [3.8, 4) is 23.1 Å². The van der Waals surface area contributed by atoms with E-state index in [1.54, 1.807) is 36.4 Å². The number of alkyl halides is 3. The van der Waals surface area contributed by atoms with Crippen LogP contribution in [0.1, 0.15) is 28.3 Å². The SMILES string of the molecule is O=c1[nH]c(O)c([C@@H]2CCOc3cc(Oc4ccc(C(F)(F)F)c5ccccc45)ccc32)s1. The molecule has 1 aromatic heterocycles. The first-order chi connectivity index (χ1) is 15.3. The van der Waals surface area contributed by atoms with Crippen LogP contribution in [0.5, 0.6) is 23.1 Å². The Balaban J connectivity index is 1.51. The van der Waals surface area contributed by atoms with E-state index in [1.807, 2.05) is 0 Å². The molecule has 1 aliphatic heterocycles. The van der Waals surface area contributed by atoms with Crippen molar-refractivity contribution in [3.63, 3.8) is 0 Å². The molecule has 0 aliphatic carbocycles. The Morgan fingerprint density at radius 3 is 2.59 bits per heavy atom. The Bertz CT molecular complexity index is 1380. The Hall–Kier alpha value is -3.46. The molecule has 2 heterocycles. The van der Waals surface area contributed by atoms with Gasteiger partial charge in [-0.15, -0.1) is 0 Å². The summed E-state index contributed by atoms with van der Waals surface area (Å²) in [5.74, 6) is 0.886. The van der Waals surface area contributed by atoms with Gasteiger partial charge in [-0.1, -0.05) is 41.7 Å². The number of benzene rings is 3. The lowest BCUT2D eigenvalue weighted by atomic mass is 9.92. The highest BCUT2D eigenvalue weighted by molar-refractivity contribution is 7.09. The molecular formula is C23H16F3NO4S. The molecule has 32 heavy (non-hydrogen) atoms. The van der Waals surface area contributed by atoms with Gasteiger partial charge in [0, 0.05) is 22.9 Å². The van der Waals surface area contributed by atoms with Gasteiger partial charge in [-0.3, -0.25) is 9.78 Å². The van der Waals surface area contributed by atoms with Crippen LogP contribution < -0.4 is 14.3 Å². The van der Waals surface area contributed by atoms with E-state index in [4.69, 9.17) is 9.47 Å². The molecule has 0 fully saturated rings. The lowest BCUT2D eigenvalue weighted by Gasteiger charge is -2.25. The number of hydrogen-bond acceptors (Lipinski definition) is 5. The average molecular weight is 459 g/mol. The molecule has 5 nitrogen and oxygen atoms in total. The van der Waals surface area contributed by atoms with Crippen molar-refractivity contribution in [2.75, 3.05) is 6.61 Å². The monoisotopic (exact) mass is 459 g/mol. The second kappa shape index (κ2) is 7.59. The molecule has 0 unspecified atom stereocenters. The third kappa shape index (κ3) is 3.58. The molecule has 0 saturated heterocycles. The number of nitrogens with one attached hydrogen (secondary N) is 1. The van der Waals surface area contributed by atoms with E-state index in [0.29, 0.717) is 40.5 Å². The van der Waals surface area contributed by atoms with Gasteiger partial charge in [0.05, 0.1) is 17.0 Å². The maximum atomic E-state index is 13.4. The topological polar surface area (TPSA) is 71.6 Å². The van der Waals surface area contributed by atoms with E-state index in [-0.39, 0.29) is 22.1 Å². The minimum atomic E-state index is -4.47. The largest absolute Gasteiger partial charge is 0.494 e. The average Bonchev–Trinajstić information content (AvgIpc) is 3.10. The fourth-order valence-electron chi connectivity index (χ4n) is 4.01. The first-order valence-electron chi connectivity index (χ1n) is 9.77. The van der Waals surface area contributed by atoms with Crippen molar-refractivity contribution in [3.05, 3.63) is 80.3 Å². The van der Waals surface area contributed by atoms with Gasteiger partial charge in [-0.05, 0) is 30.0 Å². The molecule has 5 rings (SSSR count). The minimum absolute atomic E-state index is 0.0598. The molecule has 0 bridgehead atoms. The van der Waals surface area contributed by atoms with Gasteiger partial charge in [0.15, 0.2) is 0 Å². The van der Waals surface area contributed by atoms with Gasteiger partial charge in [0.25, 0.3) is 0 Å². The quantitative estimate of drug-likeness (QED) is 0.393. The van der Waals surface area contributed by atoms with E-state index < -0.39 is 11.7 Å². The summed E-state index contributed by atoms with van der Waals surface area (Å²) in [4.78, 5) is 14.2. The third-order valence-electron chi connectivity index (χ3n) is 5.41. The Labute approximate surface area is 183 Å². The lowest BCUT2D eigenvalue weighted by molar-refractivity contribution is -0.136. The summed E-state index contributed by atoms with van der Waals surface area (Å²) in [6.45, 7) is 0.385. The maximum absolute atomic E-state index is 13.4. The molecule has 0 radical (unpaired) electrons. The fourth-order valence-corrected chi connectivity index (χ4v) is 4.89. The highest BCUT2D eigenvalue weighted by Crippen LogP contribution is 2.44. The van der Waals surface area contributed by atoms with Crippen molar-refractivity contribution < 1.29 is 27.8 Å². The number of rotatable bonds is 3. The predicted octanol–water partition coefficient (Wildman–Crippen LogP) is 6.02. The zero-order chi connectivity index (χ0) is 22.5. The number of hydrogen-bond donors (Lipinski definition) is 2. The van der Waals surface area contributed by atoms with Gasteiger partial charge in [-0.2, -0.15) is 13.2 Å². The Kier molecular flexibility index (Phi) is 4.85. The molecule has 0 spiro atoms. The summed E-state index contributed by atoms with van der Waals surface area (Å²) in [5.41, 5.74) is 0.0776. The van der Waals surface area contributed by atoms with Crippen LogP contribution in [-0.4, -0.2) is 16.7 Å². The lowest BCUT2D eigenvalue weighted by Crippen LogP contribution is -2.14. The molecule has 164 valence electrons. The van der Waals surface area contributed by atoms with Crippen LogP contribution >= 0.6 is 11.3 Å². The maximum Gasteiger partial charge on any atom is 0.417 e. The molecule has 1 aliphatic rings. The Morgan fingerprint density at radius 1 is 1.09 bits per heavy atom. The summed E-state index contributed by atoms with van der Waals surface area (Å²) >= 11 is 0.956. The molecular weight excluding hydrogens is 443 g/mol. The zero-order valence-corrected chi connectivity index (χ0v) is 17.2. The second-order valence-electron chi connectivity index (χ2n) is 7.37. The van der Waals surface area contributed by atoms with Crippen LogP contribution in [0, 0.1) is 0 Å². The minimum Gasteiger partial charge on any atom is -0.494 e. The van der Waals surface area contributed by atoms with Crippen LogP contribution in [0.15, 0.2) is 59.4 Å². The van der Waals surface area contributed by atoms with Gasteiger partial charge < -0.3 is 14.6 Å². The number of fused-ring (bicyclic) bond motifs is 2. The highest BCUT2D eigenvalue weighted by atomic mass is 32.1.